The van der Waals surface area contributed by atoms with Crippen molar-refractivity contribution in [3.8, 4) is 16.9 Å². The summed E-state index contributed by atoms with van der Waals surface area (Å²) in [6.07, 6.45) is -5.56. The van der Waals surface area contributed by atoms with Crippen molar-refractivity contribution in [2.24, 2.45) is 0 Å². The first-order chi connectivity index (χ1) is 10.2. The van der Waals surface area contributed by atoms with E-state index in [2.05, 4.69) is 0 Å². The topological polar surface area (TPSA) is 9.23 Å². The zero-order chi connectivity index (χ0) is 16.7. The van der Waals surface area contributed by atoms with Crippen molar-refractivity contribution in [1.82, 2.24) is 0 Å². The zero-order valence-corrected chi connectivity index (χ0v) is 10.9. The first-order valence-electron chi connectivity index (χ1n) is 5.76. The molecule has 0 saturated carbocycles. The van der Waals surface area contributed by atoms with Crippen molar-refractivity contribution in [3.63, 3.8) is 0 Å². The summed E-state index contributed by atoms with van der Waals surface area (Å²) in [6.45, 7) is 0. The Morgan fingerprint density at radius 2 is 1.23 bits per heavy atom. The molecule has 22 heavy (non-hydrogen) atoms. The van der Waals surface area contributed by atoms with Gasteiger partial charge in [-0.05, 0) is 17.7 Å². The summed E-state index contributed by atoms with van der Waals surface area (Å²) in [4.78, 5) is 0. The minimum atomic E-state index is -5.56. The highest BCUT2D eigenvalue weighted by Gasteiger charge is 2.42. The molecule has 0 atom stereocenters. The number of rotatable bonds is 2. The van der Waals surface area contributed by atoms with Crippen molar-refractivity contribution in [2.45, 2.75) is 6.18 Å². The highest BCUT2D eigenvalue weighted by molar-refractivity contribution is 5.66. The van der Waals surface area contributed by atoms with Gasteiger partial charge in [-0.25, -0.2) is 17.6 Å². The maximum Gasteiger partial charge on any atom is 0.422 e. The van der Waals surface area contributed by atoms with Gasteiger partial charge in [0.25, 0.3) is 0 Å². The summed E-state index contributed by atoms with van der Waals surface area (Å²) >= 11 is 0. The molecule has 0 aliphatic heterocycles. The molecule has 2 aromatic carbocycles. The van der Waals surface area contributed by atoms with E-state index >= 15 is 0 Å². The first-order valence-corrected chi connectivity index (χ1v) is 5.76. The predicted molar refractivity (Wildman–Crippen MR) is 63.3 cm³/mol. The lowest BCUT2D eigenvalue weighted by atomic mass is 10.0. The van der Waals surface area contributed by atoms with Crippen LogP contribution in [0.15, 0.2) is 24.3 Å². The van der Waals surface area contributed by atoms with Gasteiger partial charge in [0.15, 0.2) is 23.3 Å². The highest BCUT2D eigenvalue weighted by Crippen LogP contribution is 2.39. The van der Waals surface area contributed by atoms with Crippen LogP contribution in [0.5, 0.6) is 5.75 Å². The number of halogens is 7. The maximum absolute atomic E-state index is 13.8. The van der Waals surface area contributed by atoms with Crippen LogP contribution in [0, 0.1) is 23.3 Å². The van der Waals surface area contributed by atoms with Crippen LogP contribution in [0.1, 0.15) is 5.56 Å². The smallest absolute Gasteiger partial charge is 0.422 e. The van der Waals surface area contributed by atoms with E-state index in [9.17, 15) is 30.7 Å². The number of benzene rings is 2. The van der Waals surface area contributed by atoms with Crippen molar-refractivity contribution in [2.75, 3.05) is 7.11 Å². The molecule has 0 N–H and O–H groups in total. The average Bonchev–Trinajstić information content (AvgIpc) is 2.45. The van der Waals surface area contributed by atoms with Crippen LogP contribution in [-0.4, -0.2) is 7.11 Å². The molecule has 0 amide bonds. The van der Waals surface area contributed by atoms with Gasteiger partial charge in [-0.3, -0.25) is 0 Å². The largest absolute Gasteiger partial charge is 0.497 e. The Morgan fingerprint density at radius 1 is 0.773 bits per heavy atom. The fourth-order valence-corrected chi connectivity index (χ4v) is 1.89. The quantitative estimate of drug-likeness (QED) is 0.562. The molecule has 1 nitrogen and oxygen atoms in total. The second-order valence-electron chi connectivity index (χ2n) is 4.23. The summed E-state index contributed by atoms with van der Waals surface area (Å²) in [7, 11) is 1.31. The molecule has 0 unspecified atom stereocenters. The van der Waals surface area contributed by atoms with E-state index < -0.39 is 40.6 Å². The Morgan fingerprint density at radius 3 is 1.59 bits per heavy atom. The van der Waals surface area contributed by atoms with E-state index in [0.717, 1.165) is 12.1 Å². The Labute approximate surface area is 119 Å². The zero-order valence-electron chi connectivity index (χ0n) is 10.9. The SMILES string of the molecule is COc1ccc(-c2c(F)c(F)c(C(F)(F)F)c(F)c2F)cc1. The third kappa shape index (κ3) is 2.60. The summed E-state index contributed by atoms with van der Waals surface area (Å²) in [5.41, 5.74) is -4.15. The summed E-state index contributed by atoms with van der Waals surface area (Å²) < 4.78 is 96.8. The van der Waals surface area contributed by atoms with Gasteiger partial charge >= 0.3 is 6.18 Å². The minimum Gasteiger partial charge on any atom is -0.497 e. The molecule has 118 valence electrons. The Bertz CT molecular complexity index is 676. The third-order valence-corrected chi connectivity index (χ3v) is 2.93. The van der Waals surface area contributed by atoms with Crippen LogP contribution in [0.3, 0.4) is 0 Å². The van der Waals surface area contributed by atoms with Gasteiger partial charge in [-0.1, -0.05) is 12.1 Å². The van der Waals surface area contributed by atoms with Crippen LogP contribution in [0.2, 0.25) is 0 Å². The average molecular weight is 324 g/mol. The van der Waals surface area contributed by atoms with Crippen LogP contribution in [0.25, 0.3) is 11.1 Å². The number of methoxy groups -OCH3 is 1. The van der Waals surface area contributed by atoms with E-state index in [1.54, 1.807) is 0 Å². The molecule has 0 aliphatic rings. The number of ether oxygens (including phenoxy) is 1. The van der Waals surface area contributed by atoms with Gasteiger partial charge in [0, 0.05) is 0 Å². The van der Waals surface area contributed by atoms with Crippen LogP contribution >= 0.6 is 0 Å². The molecule has 0 fully saturated rings. The van der Waals surface area contributed by atoms with Gasteiger partial charge in [-0.2, -0.15) is 13.2 Å². The monoisotopic (exact) mass is 324 g/mol. The predicted octanol–water partition coefficient (Wildman–Crippen LogP) is 4.94. The van der Waals surface area contributed by atoms with E-state index in [4.69, 9.17) is 4.74 Å². The molecular weight excluding hydrogens is 317 g/mol. The molecule has 2 rings (SSSR count). The fourth-order valence-electron chi connectivity index (χ4n) is 1.89. The fraction of sp³-hybridized carbons (Fsp3) is 0.143. The van der Waals surface area contributed by atoms with Gasteiger partial charge < -0.3 is 4.74 Å². The Hall–Kier alpha value is -2.25. The molecule has 0 spiro atoms. The van der Waals surface area contributed by atoms with Crippen LogP contribution < -0.4 is 4.74 Å². The molecule has 0 aromatic heterocycles. The van der Waals surface area contributed by atoms with E-state index in [-0.39, 0.29) is 11.3 Å². The van der Waals surface area contributed by atoms with Crippen LogP contribution in [-0.2, 0) is 6.18 Å². The second kappa shape index (κ2) is 5.51. The first kappa shape index (κ1) is 16.1. The summed E-state index contributed by atoms with van der Waals surface area (Å²) in [5.74, 6) is -8.92. The van der Waals surface area contributed by atoms with Gasteiger partial charge in [-0.15, -0.1) is 0 Å². The molecule has 8 heteroatoms. The Kier molecular flexibility index (Phi) is 4.04. The lowest BCUT2D eigenvalue weighted by Crippen LogP contribution is -2.16. The number of hydrogen-bond acceptors (Lipinski definition) is 1. The van der Waals surface area contributed by atoms with Crippen molar-refractivity contribution >= 4 is 0 Å². The van der Waals surface area contributed by atoms with Crippen molar-refractivity contribution < 1.29 is 35.5 Å². The molecule has 0 bridgehead atoms. The van der Waals surface area contributed by atoms with E-state index in [1.165, 1.54) is 19.2 Å². The molecule has 0 saturated heterocycles. The molecule has 0 heterocycles. The highest BCUT2D eigenvalue weighted by atomic mass is 19.4. The van der Waals surface area contributed by atoms with E-state index in [1.807, 2.05) is 0 Å². The Balaban J connectivity index is 2.73. The number of alkyl halides is 3. The van der Waals surface area contributed by atoms with Crippen molar-refractivity contribution in [1.29, 1.82) is 0 Å². The summed E-state index contributed by atoms with van der Waals surface area (Å²) in [6, 6.07) is 4.60. The van der Waals surface area contributed by atoms with E-state index in [0.29, 0.717) is 0 Å². The molecule has 0 radical (unpaired) electrons. The maximum atomic E-state index is 13.8. The van der Waals surface area contributed by atoms with Gasteiger partial charge in [0.2, 0.25) is 0 Å². The van der Waals surface area contributed by atoms with Crippen LogP contribution in [0.4, 0.5) is 30.7 Å². The molecular formula is C14H7F7O. The lowest BCUT2D eigenvalue weighted by Gasteiger charge is -2.14. The van der Waals surface area contributed by atoms with Crippen molar-refractivity contribution in [3.05, 3.63) is 53.1 Å². The normalized spacial score (nSPS) is 11.6. The van der Waals surface area contributed by atoms with Gasteiger partial charge in [0.05, 0.1) is 12.7 Å². The lowest BCUT2D eigenvalue weighted by molar-refractivity contribution is -0.143. The minimum absolute atomic E-state index is 0.289. The van der Waals surface area contributed by atoms with Gasteiger partial charge in [0.1, 0.15) is 11.3 Å². The second-order valence-corrected chi connectivity index (χ2v) is 4.23. The molecule has 0 aliphatic carbocycles. The standard InChI is InChI=1S/C14H7F7O/c1-22-7-4-2-6(3-5-7)8-10(15)12(17)9(14(19,20)21)13(18)11(8)16/h2-5H,1H3. The number of hydrogen-bond donors (Lipinski definition) is 0. The summed E-state index contributed by atoms with van der Waals surface area (Å²) in [5, 5.41) is 0. The third-order valence-electron chi connectivity index (χ3n) is 2.93. The molecule has 2 aromatic rings.